The van der Waals surface area contributed by atoms with Crippen molar-refractivity contribution < 1.29 is 9.53 Å². The zero-order valence-electron chi connectivity index (χ0n) is 11.2. The Kier molecular flexibility index (Phi) is 5.79. The van der Waals surface area contributed by atoms with Crippen molar-refractivity contribution in [1.82, 2.24) is 10.2 Å². The number of amides is 1. The molecule has 2 aliphatic heterocycles. The van der Waals surface area contributed by atoms with Gasteiger partial charge in [0.05, 0.1) is 12.7 Å². The summed E-state index contributed by atoms with van der Waals surface area (Å²) in [6.45, 7) is 3.02. The lowest BCUT2D eigenvalue weighted by Crippen LogP contribution is -2.49. The van der Waals surface area contributed by atoms with Crippen molar-refractivity contribution in [3.05, 3.63) is 0 Å². The van der Waals surface area contributed by atoms with Crippen LogP contribution in [0.2, 0.25) is 0 Å². The summed E-state index contributed by atoms with van der Waals surface area (Å²) in [4.78, 5) is 14.3. The van der Waals surface area contributed by atoms with Crippen LogP contribution >= 0.6 is 11.8 Å². The minimum Gasteiger partial charge on any atom is -0.373 e. The van der Waals surface area contributed by atoms with Gasteiger partial charge in [-0.2, -0.15) is 11.8 Å². The highest BCUT2D eigenvalue weighted by molar-refractivity contribution is 7.99. The SMILES string of the molecule is CNCC1CN(C(=O)CC2CCSCC2)CCO1. The molecule has 2 aliphatic rings. The number of carbonyl (C=O) groups excluding carboxylic acids is 1. The van der Waals surface area contributed by atoms with E-state index in [0.29, 0.717) is 18.4 Å². The molecule has 0 aromatic carbocycles. The molecule has 5 heteroatoms. The summed E-state index contributed by atoms with van der Waals surface area (Å²) in [7, 11) is 1.92. The second-order valence-corrected chi connectivity index (χ2v) is 6.37. The number of carbonyl (C=O) groups is 1. The fourth-order valence-electron chi connectivity index (χ4n) is 2.62. The zero-order chi connectivity index (χ0) is 12.8. The Balaban J connectivity index is 1.76. The lowest BCUT2D eigenvalue weighted by molar-refractivity contribution is -0.139. The fraction of sp³-hybridized carbons (Fsp3) is 0.923. The van der Waals surface area contributed by atoms with E-state index in [-0.39, 0.29) is 6.10 Å². The van der Waals surface area contributed by atoms with Gasteiger partial charge in [-0.3, -0.25) is 4.79 Å². The number of thioether (sulfide) groups is 1. The highest BCUT2D eigenvalue weighted by Crippen LogP contribution is 2.26. The summed E-state index contributed by atoms with van der Waals surface area (Å²) in [6, 6.07) is 0. The van der Waals surface area contributed by atoms with Gasteiger partial charge in [0.25, 0.3) is 0 Å². The molecule has 2 saturated heterocycles. The lowest BCUT2D eigenvalue weighted by atomic mass is 9.98. The Morgan fingerprint density at radius 3 is 2.94 bits per heavy atom. The Morgan fingerprint density at radius 1 is 1.44 bits per heavy atom. The predicted molar refractivity (Wildman–Crippen MR) is 74.9 cm³/mol. The molecule has 1 N–H and O–H groups in total. The standard InChI is InChI=1S/C13H24N2O2S/c1-14-9-12-10-15(4-5-17-12)13(16)8-11-2-6-18-7-3-11/h11-12,14H,2-10H2,1H3. The molecule has 4 nitrogen and oxygen atoms in total. The third-order valence-corrected chi connectivity index (χ3v) is 4.78. The number of morpholine rings is 1. The van der Waals surface area contributed by atoms with Gasteiger partial charge >= 0.3 is 0 Å². The molecular formula is C13H24N2O2S. The van der Waals surface area contributed by atoms with Crippen molar-refractivity contribution in [2.45, 2.75) is 25.4 Å². The molecule has 0 aromatic heterocycles. The summed E-state index contributed by atoms with van der Waals surface area (Å²) >= 11 is 2.02. The molecule has 1 amide bonds. The third-order valence-electron chi connectivity index (χ3n) is 3.73. The van der Waals surface area contributed by atoms with Crippen LogP contribution in [0.25, 0.3) is 0 Å². The monoisotopic (exact) mass is 272 g/mol. The molecule has 0 aromatic rings. The molecule has 0 radical (unpaired) electrons. The van der Waals surface area contributed by atoms with Crippen molar-refractivity contribution in [1.29, 1.82) is 0 Å². The van der Waals surface area contributed by atoms with Crippen LogP contribution < -0.4 is 5.32 Å². The largest absolute Gasteiger partial charge is 0.373 e. The first-order valence-electron chi connectivity index (χ1n) is 6.91. The van der Waals surface area contributed by atoms with E-state index in [4.69, 9.17) is 4.74 Å². The van der Waals surface area contributed by atoms with E-state index in [1.54, 1.807) is 0 Å². The van der Waals surface area contributed by atoms with Crippen LogP contribution in [0.15, 0.2) is 0 Å². The quantitative estimate of drug-likeness (QED) is 0.828. The summed E-state index contributed by atoms with van der Waals surface area (Å²) in [5.41, 5.74) is 0. The van der Waals surface area contributed by atoms with Crippen LogP contribution in [0.5, 0.6) is 0 Å². The third kappa shape index (κ3) is 4.14. The molecule has 0 saturated carbocycles. The summed E-state index contributed by atoms with van der Waals surface area (Å²) in [6.07, 6.45) is 3.32. The van der Waals surface area contributed by atoms with E-state index < -0.39 is 0 Å². The Morgan fingerprint density at radius 2 is 2.22 bits per heavy atom. The van der Waals surface area contributed by atoms with Gasteiger partial charge in [0.2, 0.25) is 5.91 Å². The first kappa shape index (κ1) is 14.2. The van der Waals surface area contributed by atoms with E-state index in [0.717, 1.165) is 26.1 Å². The maximum absolute atomic E-state index is 12.3. The van der Waals surface area contributed by atoms with Crippen molar-refractivity contribution in [3.8, 4) is 0 Å². The molecular weight excluding hydrogens is 248 g/mol. The van der Waals surface area contributed by atoms with Crippen LogP contribution in [0.4, 0.5) is 0 Å². The minimum atomic E-state index is 0.162. The minimum absolute atomic E-state index is 0.162. The topological polar surface area (TPSA) is 41.6 Å². The first-order chi connectivity index (χ1) is 8.79. The Hall–Kier alpha value is -0.260. The van der Waals surface area contributed by atoms with Gasteiger partial charge in [-0.25, -0.2) is 0 Å². The van der Waals surface area contributed by atoms with Crippen molar-refractivity contribution in [3.63, 3.8) is 0 Å². The van der Waals surface area contributed by atoms with Gasteiger partial charge in [0.1, 0.15) is 0 Å². The lowest BCUT2D eigenvalue weighted by Gasteiger charge is -2.34. The van der Waals surface area contributed by atoms with Gasteiger partial charge in [0, 0.05) is 26.1 Å². The van der Waals surface area contributed by atoms with Crippen LogP contribution in [-0.2, 0) is 9.53 Å². The number of nitrogens with zero attached hydrogens (tertiary/aromatic N) is 1. The second kappa shape index (κ2) is 7.36. The van der Waals surface area contributed by atoms with Gasteiger partial charge in [0.15, 0.2) is 0 Å². The zero-order valence-corrected chi connectivity index (χ0v) is 12.0. The van der Waals surface area contributed by atoms with E-state index in [9.17, 15) is 4.79 Å². The molecule has 18 heavy (non-hydrogen) atoms. The smallest absolute Gasteiger partial charge is 0.223 e. The van der Waals surface area contributed by atoms with Gasteiger partial charge in [-0.15, -0.1) is 0 Å². The molecule has 0 aliphatic carbocycles. The molecule has 2 fully saturated rings. The van der Waals surface area contributed by atoms with Crippen LogP contribution in [0.3, 0.4) is 0 Å². The predicted octanol–water partition coefficient (Wildman–Crippen LogP) is 0.966. The van der Waals surface area contributed by atoms with E-state index in [1.165, 1.54) is 24.3 Å². The fourth-order valence-corrected chi connectivity index (χ4v) is 3.83. The van der Waals surface area contributed by atoms with Crippen molar-refractivity contribution in [2.75, 3.05) is 44.8 Å². The molecule has 1 unspecified atom stereocenters. The summed E-state index contributed by atoms with van der Waals surface area (Å²) < 4.78 is 5.63. The van der Waals surface area contributed by atoms with E-state index in [1.807, 2.05) is 23.7 Å². The molecule has 1 atom stereocenters. The normalized spacial score (nSPS) is 26.3. The molecule has 104 valence electrons. The Bertz CT molecular complexity index is 268. The molecule has 2 heterocycles. The second-order valence-electron chi connectivity index (χ2n) is 5.15. The maximum Gasteiger partial charge on any atom is 0.223 e. The van der Waals surface area contributed by atoms with Gasteiger partial charge in [-0.05, 0) is 37.3 Å². The number of hydrogen-bond donors (Lipinski definition) is 1. The van der Waals surface area contributed by atoms with Gasteiger partial charge < -0.3 is 15.0 Å². The number of rotatable bonds is 4. The number of ether oxygens (including phenoxy) is 1. The van der Waals surface area contributed by atoms with Crippen molar-refractivity contribution in [2.24, 2.45) is 5.92 Å². The molecule has 2 rings (SSSR count). The maximum atomic E-state index is 12.3. The van der Waals surface area contributed by atoms with Crippen LogP contribution in [-0.4, -0.2) is 61.7 Å². The van der Waals surface area contributed by atoms with Crippen LogP contribution in [0.1, 0.15) is 19.3 Å². The van der Waals surface area contributed by atoms with Crippen LogP contribution in [0, 0.1) is 5.92 Å². The number of nitrogens with one attached hydrogen (secondary N) is 1. The summed E-state index contributed by atoms with van der Waals surface area (Å²) in [5.74, 6) is 3.40. The van der Waals surface area contributed by atoms with E-state index in [2.05, 4.69) is 5.32 Å². The number of hydrogen-bond acceptors (Lipinski definition) is 4. The van der Waals surface area contributed by atoms with Gasteiger partial charge in [-0.1, -0.05) is 0 Å². The number of likely N-dealkylation sites (N-methyl/N-ethyl adjacent to an activating group) is 1. The highest BCUT2D eigenvalue weighted by Gasteiger charge is 2.26. The average Bonchev–Trinajstić information content (AvgIpc) is 2.40. The van der Waals surface area contributed by atoms with E-state index >= 15 is 0 Å². The summed E-state index contributed by atoms with van der Waals surface area (Å²) in [5, 5.41) is 3.11. The van der Waals surface area contributed by atoms with Crippen molar-refractivity contribution >= 4 is 17.7 Å². The Labute approximate surface area is 114 Å². The first-order valence-corrected chi connectivity index (χ1v) is 8.06. The average molecular weight is 272 g/mol. The molecule has 0 bridgehead atoms. The molecule has 0 spiro atoms. The highest BCUT2D eigenvalue weighted by atomic mass is 32.2.